The number of halogens is 3. The molecule has 0 aliphatic heterocycles. The fourth-order valence-corrected chi connectivity index (χ4v) is 1.38. The van der Waals surface area contributed by atoms with Crippen molar-refractivity contribution >= 4 is 27.7 Å². The minimum atomic E-state index is -2.34. The molecule has 0 atom stereocenters. The Labute approximate surface area is 76.1 Å². The van der Waals surface area contributed by atoms with E-state index in [2.05, 4.69) is 15.9 Å². The van der Waals surface area contributed by atoms with Crippen LogP contribution in [-0.2, 0) is 0 Å². The molecule has 0 saturated heterocycles. The summed E-state index contributed by atoms with van der Waals surface area (Å²) in [5, 5.41) is 0. The fraction of sp³-hybridized carbons (Fsp3) is 0.143. The van der Waals surface area contributed by atoms with Gasteiger partial charge in [-0.2, -0.15) is 8.78 Å². The number of hydrogen-bond acceptors (Lipinski definition) is 1. The normalized spacial score (nSPS) is 10.5. The molecule has 0 saturated carbocycles. The van der Waals surface area contributed by atoms with E-state index < -0.39 is 5.76 Å². The van der Waals surface area contributed by atoms with Gasteiger partial charge in [-0.1, -0.05) is 27.7 Å². The Morgan fingerprint density at radius 1 is 1.18 bits per heavy atom. The molecule has 60 valence electrons. The number of rotatable bonds is 2. The van der Waals surface area contributed by atoms with Crippen molar-refractivity contribution in [3.63, 3.8) is 0 Å². The number of hydrogen-bond donors (Lipinski definition) is 0. The van der Waals surface area contributed by atoms with Gasteiger partial charge in [0.2, 0.25) is 0 Å². The molecule has 0 radical (unpaired) electrons. The highest BCUT2D eigenvalue weighted by Gasteiger charge is 2.03. The molecular formula is C7H5BrF2S. The first-order chi connectivity index (χ1) is 5.18. The Morgan fingerprint density at radius 2 is 1.73 bits per heavy atom. The van der Waals surface area contributed by atoms with Crippen molar-refractivity contribution in [1.29, 1.82) is 0 Å². The highest BCUT2D eigenvalue weighted by Crippen LogP contribution is 2.25. The van der Waals surface area contributed by atoms with E-state index in [0.717, 1.165) is 4.47 Å². The maximum Gasteiger partial charge on any atom is 0.288 e. The van der Waals surface area contributed by atoms with Crippen LogP contribution in [-0.4, -0.2) is 5.76 Å². The van der Waals surface area contributed by atoms with Gasteiger partial charge < -0.3 is 0 Å². The highest BCUT2D eigenvalue weighted by molar-refractivity contribution is 9.10. The lowest BCUT2D eigenvalue weighted by molar-refractivity contribution is 0.252. The average molecular weight is 239 g/mol. The van der Waals surface area contributed by atoms with Crippen LogP contribution in [0.5, 0.6) is 0 Å². The smallest absolute Gasteiger partial charge is 0.198 e. The van der Waals surface area contributed by atoms with Crippen molar-refractivity contribution in [3.05, 3.63) is 28.7 Å². The van der Waals surface area contributed by atoms with Gasteiger partial charge in [0.05, 0.1) is 0 Å². The van der Waals surface area contributed by atoms with E-state index in [1.807, 2.05) is 0 Å². The molecule has 1 aromatic rings. The van der Waals surface area contributed by atoms with E-state index in [1.165, 1.54) is 0 Å². The first-order valence-electron chi connectivity index (χ1n) is 2.89. The zero-order valence-electron chi connectivity index (χ0n) is 5.43. The number of thioether (sulfide) groups is 1. The van der Waals surface area contributed by atoms with E-state index in [0.29, 0.717) is 16.7 Å². The van der Waals surface area contributed by atoms with E-state index in [9.17, 15) is 8.78 Å². The van der Waals surface area contributed by atoms with Gasteiger partial charge in [-0.05, 0) is 24.3 Å². The SMILES string of the molecule is FC(F)Sc1ccc(Br)cc1. The molecule has 0 aromatic heterocycles. The average Bonchev–Trinajstić information content (AvgIpc) is 1.93. The zero-order chi connectivity index (χ0) is 8.27. The lowest BCUT2D eigenvalue weighted by Crippen LogP contribution is -1.80. The van der Waals surface area contributed by atoms with Gasteiger partial charge in [0, 0.05) is 9.37 Å². The Bertz CT molecular complexity index is 222. The lowest BCUT2D eigenvalue weighted by atomic mass is 10.4. The Balaban J connectivity index is 2.66. The highest BCUT2D eigenvalue weighted by atomic mass is 79.9. The van der Waals surface area contributed by atoms with E-state index in [1.54, 1.807) is 24.3 Å². The Kier molecular flexibility index (Phi) is 3.33. The fourth-order valence-electron chi connectivity index (χ4n) is 0.616. The van der Waals surface area contributed by atoms with Crippen LogP contribution in [0.15, 0.2) is 33.6 Å². The summed E-state index contributed by atoms with van der Waals surface area (Å²) in [5.41, 5.74) is 0. The van der Waals surface area contributed by atoms with Crippen molar-refractivity contribution in [3.8, 4) is 0 Å². The molecule has 0 N–H and O–H groups in total. The predicted molar refractivity (Wildman–Crippen MR) is 46.0 cm³/mol. The van der Waals surface area contributed by atoms with E-state index >= 15 is 0 Å². The third-order valence-corrected chi connectivity index (χ3v) is 2.29. The molecule has 1 aromatic carbocycles. The maximum absolute atomic E-state index is 11.8. The summed E-state index contributed by atoms with van der Waals surface area (Å²) < 4.78 is 24.4. The molecule has 0 heterocycles. The molecule has 0 amide bonds. The number of alkyl halides is 2. The molecule has 0 fully saturated rings. The topological polar surface area (TPSA) is 0 Å². The second-order valence-corrected chi connectivity index (χ2v) is 3.81. The lowest BCUT2D eigenvalue weighted by Gasteiger charge is -1.98. The molecule has 0 aliphatic carbocycles. The summed E-state index contributed by atoms with van der Waals surface area (Å²) in [5.74, 6) is -2.34. The molecule has 4 heteroatoms. The van der Waals surface area contributed by atoms with Crippen LogP contribution >= 0.6 is 27.7 Å². The van der Waals surface area contributed by atoms with E-state index in [4.69, 9.17) is 0 Å². The Morgan fingerprint density at radius 3 is 2.18 bits per heavy atom. The van der Waals surface area contributed by atoms with Crippen molar-refractivity contribution in [2.75, 3.05) is 0 Å². The standard InChI is InChI=1S/C7H5BrF2S/c8-5-1-3-6(4-2-5)11-7(9)10/h1-4,7H. The van der Waals surface area contributed by atoms with Crippen LogP contribution in [0.1, 0.15) is 0 Å². The van der Waals surface area contributed by atoms with Crippen molar-refractivity contribution in [2.24, 2.45) is 0 Å². The molecule has 0 unspecified atom stereocenters. The van der Waals surface area contributed by atoms with Gasteiger partial charge >= 0.3 is 0 Å². The summed E-state index contributed by atoms with van der Waals surface area (Å²) in [6, 6.07) is 6.79. The first-order valence-corrected chi connectivity index (χ1v) is 4.56. The van der Waals surface area contributed by atoms with Crippen LogP contribution in [0.25, 0.3) is 0 Å². The summed E-state index contributed by atoms with van der Waals surface area (Å²) in [6.45, 7) is 0. The van der Waals surface area contributed by atoms with Crippen LogP contribution < -0.4 is 0 Å². The van der Waals surface area contributed by atoms with Crippen molar-refractivity contribution < 1.29 is 8.78 Å². The molecule has 0 aliphatic rings. The summed E-state index contributed by atoms with van der Waals surface area (Å²) in [4.78, 5) is 0.586. The quantitative estimate of drug-likeness (QED) is 0.708. The molecule has 1 rings (SSSR count). The van der Waals surface area contributed by atoms with Gasteiger partial charge in [-0.25, -0.2) is 0 Å². The monoisotopic (exact) mass is 238 g/mol. The van der Waals surface area contributed by atoms with Crippen LogP contribution in [0.2, 0.25) is 0 Å². The van der Waals surface area contributed by atoms with E-state index in [-0.39, 0.29) is 0 Å². The second kappa shape index (κ2) is 4.07. The summed E-state index contributed by atoms with van der Waals surface area (Å²) in [7, 11) is 0. The third-order valence-electron chi connectivity index (χ3n) is 1.04. The summed E-state index contributed by atoms with van der Waals surface area (Å²) in [6.07, 6.45) is 0. The summed E-state index contributed by atoms with van der Waals surface area (Å²) >= 11 is 3.77. The Hall–Kier alpha value is -0.0900. The largest absolute Gasteiger partial charge is 0.288 e. The molecule has 11 heavy (non-hydrogen) atoms. The zero-order valence-corrected chi connectivity index (χ0v) is 7.83. The number of benzene rings is 1. The molecule has 0 bridgehead atoms. The molecule has 0 nitrogen and oxygen atoms in total. The van der Waals surface area contributed by atoms with Gasteiger partial charge in [0.25, 0.3) is 5.76 Å². The third kappa shape index (κ3) is 3.20. The van der Waals surface area contributed by atoms with Crippen LogP contribution in [0, 0.1) is 0 Å². The molecule has 0 spiro atoms. The van der Waals surface area contributed by atoms with Crippen LogP contribution in [0.3, 0.4) is 0 Å². The van der Waals surface area contributed by atoms with Crippen molar-refractivity contribution in [2.45, 2.75) is 10.7 Å². The molecular weight excluding hydrogens is 234 g/mol. The van der Waals surface area contributed by atoms with Crippen LogP contribution in [0.4, 0.5) is 8.78 Å². The minimum absolute atomic E-state index is 0.553. The predicted octanol–water partition coefficient (Wildman–Crippen LogP) is 3.76. The second-order valence-electron chi connectivity index (χ2n) is 1.83. The maximum atomic E-state index is 11.8. The van der Waals surface area contributed by atoms with Gasteiger partial charge in [0.15, 0.2) is 0 Å². The minimum Gasteiger partial charge on any atom is -0.198 e. The van der Waals surface area contributed by atoms with Crippen molar-refractivity contribution in [1.82, 2.24) is 0 Å². The van der Waals surface area contributed by atoms with Gasteiger partial charge in [0.1, 0.15) is 0 Å². The van der Waals surface area contributed by atoms with Gasteiger partial charge in [-0.3, -0.25) is 0 Å². The van der Waals surface area contributed by atoms with Gasteiger partial charge in [-0.15, -0.1) is 0 Å². The first kappa shape index (κ1) is 9.00.